The first-order valence-corrected chi connectivity index (χ1v) is 14.9. The molecule has 0 aromatic heterocycles. The van der Waals surface area contributed by atoms with Crippen LogP contribution in [0.2, 0.25) is 5.02 Å². The van der Waals surface area contributed by atoms with Crippen LogP contribution in [-0.4, -0.2) is 51.4 Å². The highest BCUT2D eigenvalue weighted by atomic mass is 35.5. The molecule has 222 valence electrons. The first-order chi connectivity index (χ1) is 19.7. The molecular formula is C28H27ClF3N5O4S. The monoisotopic (exact) mass is 621 g/mol. The van der Waals surface area contributed by atoms with Gasteiger partial charge in [-0.3, -0.25) is 9.69 Å². The van der Waals surface area contributed by atoms with Gasteiger partial charge in [0.2, 0.25) is 0 Å². The van der Waals surface area contributed by atoms with E-state index in [2.05, 4.69) is 14.8 Å². The molecule has 4 N–H and O–H groups in total. The first kappa shape index (κ1) is 29.7. The predicted octanol–water partition coefficient (Wildman–Crippen LogP) is 4.48. The molecule has 42 heavy (non-hydrogen) atoms. The maximum absolute atomic E-state index is 13.5. The lowest BCUT2D eigenvalue weighted by molar-refractivity contribution is -0.137. The van der Waals surface area contributed by atoms with Gasteiger partial charge in [-0.1, -0.05) is 23.7 Å². The Bertz CT molecular complexity index is 1680. The highest BCUT2D eigenvalue weighted by Gasteiger charge is 2.32. The summed E-state index contributed by atoms with van der Waals surface area (Å²) in [6.45, 7) is 4.59. The minimum atomic E-state index is -4.37. The summed E-state index contributed by atoms with van der Waals surface area (Å²) < 4.78 is 71.6. The summed E-state index contributed by atoms with van der Waals surface area (Å²) in [5, 5.41) is 0.234. The lowest BCUT2D eigenvalue weighted by atomic mass is 10.1. The van der Waals surface area contributed by atoms with E-state index in [0.29, 0.717) is 43.9 Å². The van der Waals surface area contributed by atoms with Crippen LogP contribution >= 0.6 is 11.6 Å². The molecule has 0 atom stereocenters. The third kappa shape index (κ3) is 6.18. The fourth-order valence-electron chi connectivity index (χ4n) is 5.05. The Morgan fingerprint density at radius 3 is 2.31 bits per heavy atom. The number of fused-ring (bicyclic) bond motifs is 2. The average molecular weight is 622 g/mol. The number of hydrogen-bond acceptors (Lipinski definition) is 6. The molecule has 0 saturated carbocycles. The number of ether oxygens (including phenoxy) is 1. The SMILES string of the molecule is Cc1cc(C(=O)N=C(N)N)cc2c1Oc1c(Cl)cc(N3CCN(Cc4ccc(C(F)(F)F)cc4)CC3)cc1CS2(=O)=O. The Balaban J connectivity index is 1.34. The second-order valence-electron chi connectivity index (χ2n) is 10.2. The summed E-state index contributed by atoms with van der Waals surface area (Å²) in [4.78, 5) is 19.9. The molecule has 1 amide bonds. The molecule has 1 saturated heterocycles. The molecule has 1 fully saturated rings. The number of nitrogens with two attached hydrogens (primary N) is 2. The van der Waals surface area contributed by atoms with Crippen LogP contribution in [0.1, 0.15) is 32.6 Å². The molecule has 2 aliphatic heterocycles. The maximum Gasteiger partial charge on any atom is 0.416 e. The van der Waals surface area contributed by atoms with Gasteiger partial charge in [0.1, 0.15) is 16.4 Å². The van der Waals surface area contributed by atoms with Crippen molar-refractivity contribution in [2.75, 3.05) is 31.1 Å². The zero-order chi connectivity index (χ0) is 30.4. The number of aryl methyl sites for hydroxylation is 1. The largest absolute Gasteiger partial charge is 0.454 e. The molecule has 2 aliphatic rings. The number of carbonyl (C=O) groups is 1. The zero-order valence-corrected chi connectivity index (χ0v) is 24.0. The van der Waals surface area contributed by atoms with E-state index in [4.69, 9.17) is 27.8 Å². The lowest BCUT2D eigenvalue weighted by Gasteiger charge is -2.36. The van der Waals surface area contributed by atoms with Crippen LogP contribution in [0, 0.1) is 6.92 Å². The number of hydrogen-bond donors (Lipinski definition) is 2. The molecular weight excluding hydrogens is 595 g/mol. The minimum absolute atomic E-state index is 0.00117. The number of halogens is 4. The van der Waals surface area contributed by atoms with Crippen LogP contribution in [0.25, 0.3) is 0 Å². The molecule has 5 rings (SSSR count). The van der Waals surface area contributed by atoms with Gasteiger partial charge in [-0.2, -0.15) is 18.2 Å². The smallest absolute Gasteiger partial charge is 0.416 e. The van der Waals surface area contributed by atoms with Crippen molar-refractivity contribution in [3.8, 4) is 11.5 Å². The topological polar surface area (TPSA) is 131 Å². The molecule has 9 nitrogen and oxygen atoms in total. The predicted molar refractivity (Wildman–Crippen MR) is 153 cm³/mol. The van der Waals surface area contributed by atoms with Gasteiger partial charge in [0.15, 0.2) is 15.8 Å². The Morgan fingerprint density at radius 2 is 1.69 bits per heavy atom. The summed E-state index contributed by atoms with van der Waals surface area (Å²) in [5.74, 6) is -1.35. The van der Waals surface area contributed by atoms with Crippen LogP contribution in [-0.2, 0) is 28.3 Å². The van der Waals surface area contributed by atoms with E-state index >= 15 is 0 Å². The fraction of sp³-hybridized carbons (Fsp3) is 0.286. The average Bonchev–Trinajstić information content (AvgIpc) is 3.02. The van der Waals surface area contributed by atoms with Crippen molar-refractivity contribution in [1.82, 2.24) is 4.90 Å². The molecule has 14 heteroatoms. The summed E-state index contributed by atoms with van der Waals surface area (Å²) in [6, 6.07) is 11.2. The fourth-order valence-corrected chi connectivity index (χ4v) is 6.90. The number of rotatable bonds is 4. The normalized spacial score (nSPS) is 16.5. The van der Waals surface area contributed by atoms with Crippen molar-refractivity contribution >= 4 is 39.0 Å². The molecule has 0 spiro atoms. The van der Waals surface area contributed by atoms with E-state index in [1.807, 2.05) is 0 Å². The van der Waals surface area contributed by atoms with Crippen molar-refractivity contribution in [2.24, 2.45) is 16.5 Å². The van der Waals surface area contributed by atoms with Gasteiger partial charge < -0.3 is 21.1 Å². The molecule has 3 aromatic rings. The van der Waals surface area contributed by atoms with Crippen molar-refractivity contribution in [3.63, 3.8) is 0 Å². The standard InChI is InChI=1S/C28H27ClF3N5O4S/c1-16-10-18(26(38)35-27(33)34)12-23-24(16)41-25-19(15-42(23,39)40)11-21(13-22(25)29)37-8-6-36(7-9-37)14-17-2-4-20(5-3-17)28(30,31)32/h2-5,10-13H,6-9,14-15H2,1H3,(H4,33,34,35,38). The number of carbonyl (C=O) groups excluding carboxylic acids is 1. The van der Waals surface area contributed by atoms with Crippen molar-refractivity contribution < 1.29 is 31.1 Å². The summed E-state index contributed by atoms with van der Waals surface area (Å²) in [6.07, 6.45) is -4.37. The van der Waals surface area contributed by atoms with Gasteiger partial charge in [-0.05, 0) is 54.4 Å². The quantitative estimate of drug-likeness (QED) is 0.322. The van der Waals surface area contributed by atoms with Crippen LogP contribution in [0.15, 0.2) is 58.4 Å². The number of guanidine groups is 1. The number of alkyl halides is 3. The van der Waals surface area contributed by atoms with Gasteiger partial charge in [-0.15, -0.1) is 0 Å². The van der Waals surface area contributed by atoms with Gasteiger partial charge in [0, 0.05) is 49.5 Å². The Kier molecular flexibility index (Phi) is 7.86. The van der Waals surface area contributed by atoms with Gasteiger partial charge in [0.05, 0.1) is 16.3 Å². The van der Waals surface area contributed by atoms with Gasteiger partial charge in [0.25, 0.3) is 5.91 Å². The molecule has 2 heterocycles. The Labute approximate surface area is 245 Å². The van der Waals surface area contributed by atoms with E-state index in [1.165, 1.54) is 24.3 Å². The highest BCUT2D eigenvalue weighted by Crippen LogP contribution is 2.45. The van der Waals surface area contributed by atoms with Crippen molar-refractivity contribution in [3.05, 3.63) is 81.4 Å². The molecule has 0 unspecified atom stereocenters. The van der Waals surface area contributed by atoms with Gasteiger partial charge >= 0.3 is 6.18 Å². The minimum Gasteiger partial charge on any atom is -0.454 e. The van der Waals surface area contributed by atoms with E-state index in [1.54, 1.807) is 19.1 Å². The van der Waals surface area contributed by atoms with Crippen LogP contribution in [0.4, 0.5) is 18.9 Å². The van der Waals surface area contributed by atoms with Crippen molar-refractivity contribution in [2.45, 2.75) is 30.3 Å². The van der Waals surface area contributed by atoms with E-state index in [0.717, 1.165) is 23.4 Å². The van der Waals surface area contributed by atoms with Gasteiger partial charge in [-0.25, -0.2) is 8.42 Å². The van der Waals surface area contributed by atoms with E-state index < -0.39 is 39.2 Å². The van der Waals surface area contributed by atoms with E-state index in [-0.39, 0.29) is 27.0 Å². The number of benzene rings is 3. The lowest BCUT2D eigenvalue weighted by Crippen LogP contribution is -2.46. The second-order valence-corrected chi connectivity index (χ2v) is 12.6. The number of amides is 1. The maximum atomic E-state index is 13.5. The summed E-state index contributed by atoms with van der Waals surface area (Å²) in [5.41, 5.74) is 12.2. The van der Waals surface area contributed by atoms with Crippen LogP contribution in [0.3, 0.4) is 0 Å². The van der Waals surface area contributed by atoms with E-state index in [9.17, 15) is 26.4 Å². The molecule has 0 radical (unpaired) electrons. The third-order valence-corrected chi connectivity index (χ3v) is 9.08. The number of anilines is 1. The summed E-state index contributed by atoms with van der Waals surface area (Å²) in [7, 11) is -3.96. The number of piperazine rings is 1. The van der Waals surface area contributed by atoms with Crippen LogP contribution < -0.4 is 21.1 Å². The zero-order valence-electron chi connectivity index (χ0n) is 22.4. The van der Waals surface area contributed by atoms with Crippen molar-refractivity contribution in [1.29, 1.82) is 0 Å². The number of sulfone groups is 1. The van der Waals surface area contributed by atoms with Crippen LogP contribution in [0.5, 0.6) is 11.5 Å². The Hall–Kier alpha value is -3.81. The third-order valence-electron chi connectivity index (χ3n) is 7.13. The molecule has 0 aliphatic carbocycles. The summed E-state index contributed by atoms with van der Waals surface area (Å²) >= 11 is 6.63. The highest BCUT2D eigenvalue weighted by molar-refractivity contribution is 7.90. The number of aliphatic imine (C=N–C) groups is 1. The second kappa shape index (κ2) is 11.1. The first-order valence-electron chi connectivity index (χ1n) is 12.9. The molecule has 3 aromatic carbocycles. The Morgan fingerprint density at radius 1 is 1.02 bits per heavy atom. The molecule has 0 bridgehead atoms. The number of nitrogens with zero attached hydrogens (tertiary/aromatic N) is 3.